The molecule has 6 heteroatoms. The van der Waals surface area contributed by atoms with Crippen LogP contribution < -0.4 is 11.4 Å². The maximum Gasteiger partial charge on any atom is 0.352 e. The molecule has 1 aromatic carbocycles. The Morgan fingerprint density at radius 1 is 0.976 bits per heavy atom. The highest BCUT2D eigenvalue weighted by Crippen LogP contribution is 2.62. The third kappa shape index (κ3) is 4.74. The molecule has 1 aliphatic heterocycles. The van der Waals surface area contributed by atoms with Gasteiger partial charge in [0.2, 0.25) is 0 Å². The van der Waals surface area contributed by atoms with Crippen molar-refractivity contribution in [2.24, 2.45) is 29.1 Å². The van der Waals surface area contributed by atoms with Gasteiger partial charge < -0.3 is 5.11 Å². The van der Waals surface area contributed by atoms with Crippen LogP contribution in [0.1, 0.15) is 111 Å². The van der Waals surface area contributed by atoms with E-state index >= 15 is 0 Å². The Labute approximate surface area is 244 Å². The maximum absolute atomic E-state index is 14.2. The number of benzene rings is 1. The van der Waals surface area contributed by atoms with Crippen LogP contribution in [-0.2, 0) is 0 Å². The molecule has 2 saturated carbocycles. The van der Waals surface area contributed by atoms with E-state index in [1.54, 1.807) is 4.68 Å². The van der Waals surface area contributed by atoms with Gasteiger partial charge in [-0.2, -0.15) is 0 Å². The molecule has 0 amide bonds. The summed E-state index contributed by atoms with van der Waals surface area (Å²) < 4.78 is 4.92. The van der Waals surface area contributed by atoms with Gasteiger partial charge in [0.25, 0.3) is 0 Å². The second-order valence-corrected chi connectivity index (χ2v) is 14.3. The summed E-state index contributed by atoms with van der Waals surface area (Å²) in [7, 11) is 0. The summed E-state index contributed by atoms with van der Waals surface area (Å²) in [4.78, 5) is 28.3. The van der Waals surface area contributed by atoms with Crippen LogP contribution in [0, 0.1) is 29.1 Å². The van der Waals surface area contributed by atoms with E-state index in [0.717, 1.165) is 43.6 Å². The third-order valence-corrected chi connectivity index (χ3v) is 11.4. The lowest BCUT2D eigenvalue weighted by Crippen LogP contribution is -2.46. The monoisotopic (exact) mass is 559 g/mol. The van der Waals surface area contributed by atoms with Crippen LogP contribution in [0.4, 0.5) is 0 Å². The number of para-hydroxylation sites is 1. The molecule has 1 N–H and O–H groups in total. The Morgan fingerprint density at radius 2 is 1.71 bits per heavy atom. The van der Waals surface area contributed by atoms with Gasteiger partial charge in [0.05, 0.1) is 23.9 Å². The third-order valence-electron chi connectivity index (χ3n) is 11.4. The normalized spacial score (nSPS) is 32.0. The van der Waals surface area contributed by atoms with E-state index in [4.69, 9.17) is 0 Å². The molecule has 6 nitrogen and oxygen atoms in total. The van der Waals surface area contributed by atoms with Gasteiger partial charge in [-0.15, -0.1) is 0 Å². The molecule has 0 saturated heterocycles. The van der Waals surface area contributed by atoms with Crippen LogP contribution >= 0.6 is 0 Å². The van der Waals surface area contributed by atoms with E-state index < -0.39 is 6.10 Å². The van der Waals surface area contributed by atoms with Gasteiger partial charge in [-0.05, 0) is 104 Å². The molecule has 0 bridgehead atoms. The predicted octanol–water partition coefficient (Wildman–Crippen LogP) is 6.97. The van der Waals surface area contributed by atoms with Crippen molar-refractivity contribution in [3.8, 4) is 5.69 Å². The lowest BCUT2D eigenvalue weighted by Gasteiger charge is -2.49. The molecule has 0 spiro atoms. The molecule has 3 aliphatic carbocycles. The molecular formula is C35H49N3O3. The fourth-order valence-electron chi connectivity index (χ4n) is 9.25. The van der Waals surface area contributed by atoms with Crippen molar-refractivity contribution in [1.82, 2.24) is 13.9 Å². The Bertz CT molecular complexity index is 1460. The van der Waals surface area contributed by atoms with E-state index in [-0.39, 0.29) is 28.9 Å². The summed E-state index contributed by atoms with van der Waals surface area (Å²) in [5.74, 6) is 2.56. The minimum atomic E-state index is -0.406. The van der Waals surface area contributed by atoms with E-state index in [0.29, 0.717) is 29.9 Å². The Kier molecular flexibility index (Phi) is 7.59. The van der Waals surface area contributed by atoms with Crippen molar-refractivity contribution in [3.05, 3.63) is 74.1 Å². The molecule has 41 heavy (non-hydrogen) atoms. The van der Waals surface area contributed by atoms with Gasteiger partial charge in [-0.25, -0.2) is 23.5 Å². The number of fused-ring (bicyclic) bond motifs is 5. The van der Waals surface area contributed by atoms with E-state index in [9.17, 15) is 14.7 Å². The van der Waals surface area contributed by atoms with Crippen LogP contribution in [0.2, 0.25) is 0 Å². The summed E-state index contributed by atoms with van der Waals surface area (Å²) in [6, 6.07) is 8.93. The van der Waals surface area contributed by atoms with E-state index in [1.165, 1.54) is 41.4 Å². The van der Waals surface area contributed by atoms with Crippen LogP contribution in [-0.4, -0.2) is 25.1 Å². The molecule has 2 heterocycles. The van der Waals surface area contributed by atoms with Crippen LogP contribution in [0.5, 0.6) is 0 Å². The Morgan fingerprint density at radius 3 is 2.44 bits per heavy atom. The molecule has 2 aromatic rings. The number of aliphatic hydroxyl groups excluding tert-OH is 1. The van der Waals surface area contributed by atoms with Crippen molar-refractivity contribution in [2.75, 3.05) is 0 Å². The lowest BCUT2D eigenvalue weighted by molar-refractivity contribution is 0.0701. The van der Waals surface area contributed by atoms with Gasteiger partial charge >= 0.3 is 11.4 Å². The van der Waals surface area contributed by atoms with E-state index in [2.05, 4.69) is 40.7 Å². The fourth-order valence-corrected chi connectivity index (χ4v) is 9.25. The summed E-state index contributed by atoms with van der Waals surface area (Å²) in [5.41, 5.74) is 4.04. The predicted molar refractivity (Wildman–Crippen MR) is 164 cm³/mol. The largest absolute Gasteiger partial charge is 0.393 e. The Balaban J connectivity index is 1.44. The fraction of sp³-hybridized carbons (Fsp3) is 0.657. The zero-order chi connectivity index (χ0) is 29.1. The first-order valence-corrected chi connectivity index (χ1v) is 16.2. The zero-order valence-corrected chi connectivity index (χ0v) is 25.7. The molecule has 4 aliphatic rings. The molecule has 222 valence electrons. The number of hydrogen-bond acceptors (Lipinski definition) is 3. The Hall–Kier alpha value is -2.60. The van der Waals surface area contributed by atoms with E-state index in [1.807, 2.05) is 35.0 Å². The summed E-state index contributed by atoms with van der Waals surface area (Å²) in [6.45, 7) is 11.8. The van der Waals surface area contributed by atoms with Crippen LogP contribution in [0.15, 0.2) is 62.7 Å². The average molecular weight is 560 g/mol. The quantitative estimate of drug-likeness (QED) is 0.372. The van der Waals surface area contributed by atoms with Gasteiger partial charge in [0.15, 0.2) is 0 Å². The minimum absolute atomic E-state index is 0.0843. The summed E-state index contributed by atoms with van der Waals surface area (Å²) in [5, 5.41) is 10.7. The standard InChI is InChI=1S/C35H49N3O3/c1-22(2)10-9-11-24(4)29-16-17-30-28-21-32(27-20-26(39)15-14-23(27)3)38-34(41)36(25-12-7-6-8-13-25)33(40)37(38)31(28)18-19-35(29,30)5/h6-8,12-13,21-22,24,26,29-32,39H,9-11,14-20H2,1-5H3/t24-,26?,29?,30?,31?,32?,35-/m1/s1. The molecule has 2 fully saturated rings. The first-order chi connectivity index (χ1) is 19.6. The molecule has 0 radical (unpaired) electrons. The second kappa shape index (κ2) is 10.9. The smallest absolute Gasteiger partial charge is 0.352 e. The molecule has 1 aromatic heterocycles. The van der Waals surface area contributed by atoms with Gasteiger partial charge in [0, 0.05) is 0 Å². The number of aliphatic hydroxyl groups is 1. The second-order valence-electron chi connectivity index (χ2n) is 14.3. The lowest BCUT2D eigenvalue weighted by atomic mass is 9.59. The average Bonchev–Trinajstić information content (AvgIpc) is 3.43. The molecule has 6 rings (SSSR count). The zero-order valence-electron chi connectivity index (χ0n) is 25.7. The van der Waals surface area contributed by atoms with Gasteiger partial charge in [-0.3, -0.25) is 0 Å². The van der Waals surface area contributed by atoms with Gasteiger partial charge in [-0.1, -0.05) is 76.8 Å². The number of hydrogen-bond donors (Lipinski definition) is 1. The number of rotatable bonds is 7. The van der Waals surface area contributed by atoms with Crippen molar-refractivity contribution >= 4 is 0 Å². The topological polar surface area (TPSA) is 69.2 Å². The first kappa shape index (κ1) is 28.5. The molecular weight excluding hydrogens is 510 g/mol. The van der Waals surface area contributed by atoms with Crippen molar-refractivity contribution < 1.29 is 5.11 Å². The highest BCUT2D eigenvalue weighted by atomic mass is 16.3. The summed E-state index contributed by atoms with van der Waals surface area (Å²) >= 11 is 0. The summed E-state index contributed by atoms with van der Waals surface area (Å²) in [6.07, 6.45) is 12.4. The van der Waals surface area contributed by atoms with Crippen molar-refractivity contribution in [1.29, 1.82) is 0 Å². The minimum Gasteiger partial charge on any atom is -0.393 e. The number of aromatic nitrogens is 3. The highest BCUT2D eigenvalue weighted by molar-refractivity contribution is 5.36. The van der Waals surface area contributed by atoms with Crippen LogP contribution in [0.3, 0.4) is 0 Å². The van der Waals surface area contributed by atoms with Gasteiger partial charge in [0.1, 0.15) is 0 Å². The highest BCUT2D eigenvalue weighted by Gasteiger charge is 2.55. The van der Waals surface area contributed by atoms with Crippen molar-refractivity contribution in [2.45, 2.75) is 117 Å². The van der Waals surface area contributed by atoms with Crippen LogP contribution in [0.25, 0.3) is 5.69 Å². The number of nitrogens with zero attached hydrogens (tertiary/aromatic N) is 3. The maximum atomic E-state index is 14.2. The SMILES string of the molecule is CC1=C(C2C=C3C(CC[C@@]4(C)C3CCC4[C@H](C)CCCC(C)C)n3c(=O)n(-c4ccccc4)c(=O)n32)CC(O)CC1. The first-order valence-electron chi connectivity index (χ1n) is 16.2. The molecule has 7 atom stereocenters. The number of allylic oxidation sites excluding steroid dienone is 3. The molecule has 5 unspecified atom stereocenters. The van der Waals surface area contributed by atoms with Crippen molar-refractivity contribution in [3.63, 3.8) is 0 Å².